The number of nitrogens with one attached hydrogen (secondary N) is 2. The predicted octanol–water partition coefficient (Wildman–Crippen LogP) is -0.102. The van der Waals surface area contributed by atoms with Gasteiger partial charge in [0, 0.05) is 45.0 Å². The summed E-state index contributed by atoms with van der Waals surface area (Å²) in [4.78, 5) is 43.7. The maximum Gasteiger partial charge on any atom is 0.243 e. The second kappa shape index (κ2) is 9.16. The molecule has 1 aromatic carbocycles. The minimum atomic E-state index is -0.766. The van der Waals surface area contributed by atoms with Gasteiger partial charge in [0.15, 0.2) is 0 Å². The van der Waals surface area contributed by atoms with E-state index in [0.717, 1.165) is 37.4 Å². The molecule has 0 spiro atoms. The smallest absolute Gasteiger partial charge is 0.243 e. The molecule has 0 radical (unpaired) electrons. The lowest BCUT2D eigenvalue weighted by atomic mass is 10.1. The lowest BCUT2D eigenvalue weighted by molar-refractivity contribution is -0.145. The number of amides is 3. The van der Waals surface area contributed by atoms with Crippen molar-refractivity contribution < 1.29 is 14.4 Å². The van der Waals surface area contributed by atoms with Crippen molar-refractivity contribution in [1.29, 1.82) is 0 Å². The van der Waals surface area contributed by atoms with E-state index in [1.54, 1.807) is 4.90 Å². The van der Waals surface area contributed by atoms with Crippen LogP contribution in [0.4, 0.5) is 5.69 Å². The van der Waals surface area contributed by atoms with Crippen LogP contribution >= 0.6 is 0 Å². The molecule has 28 heavy (non-hydrogen) atoms. The summed E-state index contributed by atoms with van der Waals surface area (Å²) in [6, 6.07) is 6.72. The molecule has 1 unspecified atom stereocenters. The minimum absolute atomic E-state index is 0.0470. The fourth-order valence-corrected chi connectivity index (χ4v) is 3.59. The van der Waals surface area contributed by atoms with Crippen LogP contribution in [0, 0.1) is 6.92 Å². The Balaban J connectivity index is 1.61. The number of rotatable bonds is 5. The average Bonchev–Trinajstić information content (AvgIpc) is 2.67. The van der Waals surface area contributed by atoms with Gasteiger partial charge in [-0.2, -0.15) is 0 Å². The van der Waals surface area contributed by atoms with Gasteiger partial charge >= 0.3 is 0 Å². The second-order valence-electron chi connectivity index (χ2n) is 7.54. The molecule has 2 aliphatic rings. The highest BCUT2D eigenvalue weighted by Crippen LogP contribution is 2.16. The summed E-state index contributed by atoms with van der Waals surface area (Å²) in [6.07, 6.45) is -0.0470. The molecule has 2 N–H and O–H groups in total. The Labute approximate surface area is 165 Å². The van der Waals surface area contributed by atoms with E-state index < -0.39 is 6.04 Å². The number of hydrogen-bond donors (Lipinski definition) is 2. The van der Waals surface area contributed by atoms with Gasteiger partial charge in [-0.3, -0.25) is 19.3 Å². The van der Waals surface area contributed by atoms with Gasteiger partial charge in [-0.05, 0) is 25.6 Å². The number of anilines is 1. The van der Waals surface area contributed by atoms with Gasteiger partial charge < -0.3 is 20.4 Å². The summed E-state index contributed by atoms with van der Waals surface area (Å²) in [5.41, 5.74) is 1.67. The molecule has 8 heteroatoms. The Morgan fingerprint density at radius 1 is 1.14 bits per heavy atom. The van der Waals surface area contributed by atoms with Crippen LogP contribution in [-0.4, -0.2) is 91.3 Å². The molecule has 1 atom stereocenters. The maximum atomic E-state index is 12.9. The van der Waals surface area contributed by atoms with Crippen LogP contribution < -0.4 is 10.6 Å². The molecule has 0 saturated carbocycles. The number of piperazine rings is 2. The zero-order valence-corrected chi connectivity index (χ0v) is 16.6. The van der Waals surface area contributed by atoms with Gasteiger partial charge in [0.25, 0.3) is 0 Å². The first kappa shape index (κ1) is 20.3. The number of benzene rings is 1. The van der Waals surface area contributed by atoms with Gasteiger partial charge in [-0.15, -0.1) is 0 Å². The quantitative estimate of drug-likeness (QED) is 0.737. The maximum absolute atomic E-state index is 12.9. The summed E-state index contributed by atoms with van der Waals surface area (Å²) < 4.78 is 0. The van der Waals surface area contributed by atoms with E-state index in [1.165, 1.54) is 0 Å². The third-order valence-electron chi connectivity index (χ3n) is 5.40. The highest BCUT2D eigenvalue weighted by Gasteiger charge is 2.35. The Bertz CT molecular complexity index is 730. The van der Waals surface area contributed by atoms with Crippen molar-refractivity contribution in [2.75, 3.05) is 58.2 Å². The minimum Gasteiger partial charge on any atom is -0.353 e. The number of aryl methyl sites for hydroxylation is 1. The molecule has 0 aromatic heterocycles. The van der Waals surface area contributed by atoms with E-state index in [1.807, 2.05) is 31.2 Å². The van der Waals surface area contributed by atoms with Crippen molar-refractivity contribution in [2.24, 2.45) is 0 Å². The molecule has 2 fully saturated rings. The van der Waals surface area contributed by atoms with Gasteiger partial charge in [0.1, 0.15) is 6.04 Å². The fraction of sp³-hybridized carbons (Fsp3) is 0.550. The van der Waals surface area contributed by atoms with Crippen molar-refractivity contribution in [3.8, 4) is 0 Å². The summed E-state index contributed by atoms with van der Waals surface area (Å²) in [5.74, 6) is -0.625. The Morgan fingerprint density at radius 2 is 1.86 bits per heavy atom. The van der Waals surface area contributed by atoms with Crippen molar-refractivity contribution in [2.45, 2.75) is 19.4 Å². The molecular formula is C20H29N5O3. The zero-order chi connectivity index (χ0) is 20.1. The number of carbonyl (C=O) groups excluding carboxylic acids is 3. The molecular weight excluding hydrogens is 358 g/mol. The highest BCUT2D eigenvalue weighted by atomic mass is 16.2. The molecule has 0 aliphatic carbocycles. The largest absolute Gasteiger partial charge is 0.353 e. The van der Waals surface area contributed by atoms with Crippen LogP contribution in [0.25, 0.3) is 0 Å². The molecule has 1 aromatic rings. The standard InChI is InChI=1S/C20H29N5O3/c1-15-5-3-4-6-16(15)22-18(26)13-17-20(28)21-7-8-25(17)19(27)14-24-11-9-23(2)10-12-24/h3-6,17H,7-14H2,1-2H3,(H,21,28)(H,22,26). The van der Waals surface area contributed by atoms with Gasteiger partial charge in [-0.1, -0.05) is 18.2 Å². The monoisotopic (exact) mass is 387 g/mol. The SMILES string of the molecule is Cc1ccccc1NC(=O)CC1C(=O)NCCN1C(=O)CN1CCN(C)CC1. The van der Waals surface area contributed by atoms with Gasteiger partial charge in [0.2, 0.25) is 17.7 Å². The zero-order valence-electron chi connectivity index (χ0n) is 16.6. The third kappa shape index (κ3) is 5.08. The number of hydrogen-bond acceptors (Lipinski definition) is 5. The molecule has 3 rings (SSSR count). The number of nitrogens with zero attached hydrogens (tertiary/aromatic N) is 3. The second-order valence-corrected chi connectivity index (χ2v) is 7.54. The van der Waals surface area contributed by atoms with Crippen LogP contribution in [0.15, 0.2) is 24.3 Å². The van der Waals surface area contributed by atoms with E-state index >= 15 is 0 Å². The van der Waals surface area contributed by atoms with E-state index in [9.17, 15) is 14.4 Å². The van der Waals surface area contributed by atoms with Crippen molar-refractivity contribution in [1.82, 2.24) is 20.0 Å². The number of carbonyl (C=O) groups is 3. The Morgan fingerprint density at radius 3 is 2.57 bits per heavy atom. The van der Waals surface area contributed by atoms with Gasteiger partial charge in [0.05, 0.1) is 13.0 Å². The first-order valence-corrected chi connectivity index (χ1v) is 9.77. The topological polar surface area (TPSA) is 85.0 Å². The average molecular weight is 387 g/mol. The molecule has 3 amide bonds. The van der Waals surface area contributed by atoms with Crippen LogP contribution in [0.2, 0.25) is 0 Å². The first-order valence-electron chi connectivity index (χ1n) is 9.77. The first-order chi connectivity index (χ1) is 13.4. The molecule has 2 saturated heterocycles. The van der Waals surface area contributed by atoms with E-state index in [-0.39, 0.29) is 30.7 Å². The summed E-state index contributed by atoms with van der Waals surface area (Å²) in [7, 11) is 2.07. The predicted molar refractivity (Wildman–Crippen MR) is 107 cm³/mol. The Hall–Kier alpha value is -2.45. The van der Waals surface area contributed by atoms with Crippen LogP contribution in [0.5, 0.6) is 0 Å². The summed E-state index contributed by atoms with van der Waals surface area (Å²) in [5, 5.41) is 5.62. The third-order valence-corrected chi connectivity index (χ3v) is 5.40. The van der Waals surface area contributed by atoms with Crippen LogP contribution in [-0.2, 0) is 14.4 Å². The summed E-state index contributed by atoms with van der Waals surface area (Å²) >= 11 is 0. The van der Waals surface area contributed by atoms with Gasteiger partial charge in [-0.25, -0.2) is 0 Å². The van der Waals surface area contributed by atoms with Crippen molar-refractivity contribution in [3.63, 3.8) is 0 Å². The molecule has 2 heterocycles. The highest BCUT2D eigenvalue weighted by molar-refractivity contribution is 5.98. The summed E-state index contributed by atoms with van der Waals surface area (Å²) in [6.45, 7) is 6.57. The lowest BCUT2D eigenvalue weighted by Gasteiger charge is -2.37. The lowest BCUT2D eigenvalue weighted by Crippen LogP contribution is -2.60. The molecule has 152 valence electrons. The number of likely N-dealkylation sites (N-methyl/N-ethyl adjacent to an activating group) is 1. The van der Waals surface area contributed by atoms with Crippen LogP contribution in [0.3, 0.4) is 0 Å². The van der Waals surface area contributed by atoms with E-state index in [4.69, 9.17) is 0 Å². The Kier molecular flexibility index (Phi) is 6.64. The van der Waals surface area contributed by atoms with Crippen LogP contribution in [0.1, 0.15) is 12.0 Å². The van der Waals surface area contributed by atoms with Crippen molar-refractivity contribution in [3.05, 3.63) is 29.8 Å². The molecule has 0 bridgehead atoms. The fourth-order valence-electron chi connectivity index (χ4n) is 3.59. The molecule has 2 aliphatic heterocycles. The van der Waals surface area contributed by atoms with E-state index in [0.29, 0.717) is 13.1 Å². The van der Waals surface area contributed by atoms with E-state index in [2.05, 4.69) is 27.5 Å². The van der Waals surface area contributed by atoms with Crippen molar-refractivity contribution >= 4 is 23.4 Å². The number of para-hydroxylation sites is 1. The molecule has 8 nitrogen and oxygen atoms in total. The normalized spacial score (nSPS) is 21.3.